The zero-order valence-corrected chi connectivity index (χ0v) is 64.1. The van der Waals surface area contributed by atoms with E-state index in [4.69, 9.17) is 22.9 Å². The van der Waals surface area contributed by atoms with Gasteiger partial charge in [-0.1, -0.05) is 127 Å². The minimum atomic E-state index is -1.81. The Hall–Kier alpha value is -11.0. The van der Waals surface area contributed by atoms with Crippen molar-refractivity contribution < 1.29 is 72.2 Å². The SMILES string of the molecule is CC[C@H](C)[C@@H]1NC(=O)[C@@H](Cc2ccc3ccccc3c2)NC(=O)CSC[C@@H](C(N)=O)NC(=O)[C@H](C(C)C)NC(=O)[C@H](Cc2c[nH]c3ccccc23)NC(=O)[C@H](CCCCN)NC(=O)[C@@H](C(C)C)NC(=O)[C@@H](Cc2c[nH]c3ccccc23)NC(=O)[C@H](CC(N)=O)NC(=O)[C@H](CCCCN)NC(=O)CNC(=O)[C@H](CO)NC1=O. The third-order valence-corrected chi connectivity index (χ3v) is 20.3. The highest BCUT2D eigenvalue weighted by Gasteiger charge is 2.39. The number of fused-ring (bicyclic) bond motifs is 3. The van der Waals surface area contributed by atoms with Crippen molar-refractivity contribution in [1.29, 1.82) is 0 Å². The molecule has 0 radical (unpaired) electrons. The van der Waals surface area contributed by atoms with Crippen LogP contribution in [0.3, 0.4) is 0 Å². The standard InChI is InChI=1S/C77H106N18O15S/c1-7-43(6)66-77(110)91-59(38-96)68(101)84-37-62(98)85-53(24-14-16-28-78)69(102)90-58(34-61(80)97)71(104)89-57(33-48-36-83-52-23-13-11-21-50(48)52)74(107)93-64(41(2)3)75(108)87-54(25-15-17-29-79)70(103)88-56(32-47-35-82-51-22-12-10-20-49(47)51)73(106)94-65(42(4)5)76(109)92-60(67(81)100)39-111-40-63(99)86-55(72(105)95-66)31-44-26-27-45-18-8-9-19-46(45)30-44/h8-13,18-23,26-27,30,35-36,41-43,53-60,64-66,82-83,96H,7,14-17,24-25,28-29,31-34,37-40,78-79H2,1-6H3,(H2,80,97)(H2,81,100)(H,84,101)(H,85,98)(H,86,99)(H,87,108)(H,88,103)(H,89,104)(H,90,102)(H,91,110)(H,92,109)(H,93,107)(H,94,106)(H,95,105)/t43-,53-,54-,55+,56-,57+,58-,59-,60-,64+,65-,66-/m0/s1. The van der Waals surface area contributed by atoms with E-state index in [0.717, 1.165) is 22.5 Å². The Morgan fingerprint density at radius 3 is 1.42 bits per heavy atom. The first kappa shape index (κ1) is 87.3. The number of para-hydroxylation sites is 2. The summed E-state index contributed by atoms with van der Waals surface area (Å²) in [7, 11) is 0. The topological polar surface area (TPSA) is 539 Å². The number of rotatable bonds is 22. The monoisotopic (exact) mass is 1550 g/mol. The van der Waals surface area contributed by atoms with E-state index in [0.29, 0.717) is 51.3 Å². The minimum absolute atomic E-state index is 0.0362. The number of hydrogen-bond acceptors (Lipinski definition) is 18. The third-order valence-electron chi connectivity index (χ3n) is 19.3. The van der Waals surface area contributed by atoms with Crippen LogP contribution in [0, 0.1) is 17.8 Å². The van der Waals surface area contributed by atoms with Gasteiger partial charge in [0.15, 0.2) is 0 Å². The Labute approximate surface area is 647 Å². The molecule has 14 amide bonds. The highest BCUT2D eigenvalue weighted by Crippen LogP contribution is 2.24. The second-order valence-electron chi connectivity index (χ2n) is 28.5. The molecule has 7 rings (SSSR count). The number of carbonyl (C=O) groups excluding carboxylic acids is 14. The van der Waals surface area contributed by atoms with Gasteiger partial charge in [0, 0.05) is 59.2 Å². The molecule has 600 valence electrons. The van der Waals surface area contributed by atoms with E-state index >= 15 is 9.59 Å². The lowest BCUT2D eigenvalue weighted by atomic mass is 9.96. The van der Waals surface area contributed by atoms with Crippen LogP contribution < -0.4 is 86.7 Å². The van der Waals surface area contributed by atoms with E-state index in [9.17, 15) is 62.6 Å². The average Bonchev–Trinajstić information content (AvgIpc) is 1.74. The van der Waals surface area contributed by atoms with Crippen molar-refractivity contribution in [2.45, 2.75) is 179 Å². The number of benzene rings is 4. The molecule has 33 nitrogen and oxygen atoms in total. The van der Waals surface area contributed by atoms with Crippen LogP contribution in [0.15, 0.2) is 103 Å². The number of aromatic amines is 2. The van der Waals surface area contributed by atoms with E-state index < -0.39 is 192 Å². The first-order valence-corrected chi connectivity index (χ1v) is 38.5. The smallest absolute Gasteiger partial charge is 0.245 e. The predicted molar refractivity (Wildman–Crippen MR) is 418 cm³/mol. The number of primary amides is 2. The minimum Gasteiger partial charge on any atom is -0.394 e. The summed E-state index contributed by atoms with van der Waals surface area (Å²) in [5.74, 6) is -15.9. The van der Waals surface area contributed by atoms with Crippen LogP contribution in [0.1, 0.15) is 110 Å². The Bertz CT molecular complexity index is 4280. The van der Waals surface area contributed by atoms with Crippen molar-refractivity contribution in [1.82, 2.24) is 73.8 Å². The van der Waals surface area contributed by atoms with Gasteiger partial charge in [-0.3, -0.25) is 67.1 Å². The van der Waals surface area contributed by atoms with E-state index in [1.165, 1.54) is 0 Å². The molecule has 4 aromatic carbocycles. The molecule has 0 saturated carbocycles. The number of thioether (sulfide) groups is 1. The number of H-pyrrole nitrogens is 2. The van der Waals surface area contributed by atoms with Crippen molar-refractivity contribution in [3.8, 4) is 0 Å². The highest BCUT2D eigenvalue weighted by atomic mass is 32.2. The second-order valence-corrected chi connectivity index (χ2v) is 29.5. The summed E-state index contributed by atoms with van der Waals surface area (Å²) >= 11 is 0.873. The van der Waals surface area contributed by atoms with Crippen molar-refractivity contribution in [3.05, 3.63) is 120 Å². The molecule has 23 N–H and O–H groups in total. The number of aliphatic hydroxyl groups is 1. The number of amides is 14. The zero-order valence-electron chi connectivity index (χ0n) is 63.3. The number of carbonyl (C=O) groups is 14. The molecule has 1 saturated heterocycles. The number of aromatic nitrogens is 2. The second kappa shape index (κ2) is 42.8. The lowest BCUT2D eigenvalue weighted by Crippen LogP contribution is -2.62. The molecule has 1 aliphatic rings. The van der Waals surface area contributed by atoms with Gasteiger partial charge in [-0.2, -0.15) is 0 Å². The van der Waals surface area contributed by atoms with Crippen LogP contribution in [0.2, 0.25) is 0 Å². The van der Waals surface area contributed by atoms with Crippen LogP contribution in [-0.4, -0.2) is 202 Å². The largest absolute Gasteiger partial charge is 0.394 e. The fourth-order valence-electron chi connectivity index (χ4n) is 12.8. The molecule has 6 aromatic rings. The van der Waals surface area contributed by atoms with Crippen molar-refractivity contribution in [3.63, 3.8) is 0 Å². The fraction of sp³-hybridized carbons (Fsp3) is 0.481. The molecule has 0 spiro atoms. The van der Waals surface area contributed by atoms with Gasteiger partial charge in [-0.15, -0.1) is 11.8 Å². The van der Waals surface area contributed by atoms with Gasteiger partial charge in [0.1, 0.15) is 66.5 Å². The summed E-state index contributed by atoms with van der Waals surface area (Å²) in [5.41, 5.74) is 26.4. The Balaban J connectivity index is 1.26. The van der Waals surface area contributed by atoms with Crippen LogP contribution in [0.5, 0.6) is 0 Å². The van der Waals surface area contributed by atoms with Gasteiger partial charge in [-0.25, -0.2) is 0 Å². The van der Waals surface area contributed by atoms with Gasteiger partial charge < -0.3 is 102 Å². The summed E-state index contributed by atoms with van der Waals surface area (Å²) in [6.45, 7) is 8.37. The molecule has 3 heterocycles. The predicted octanol–water partition coefficient (Wildman–Crippen LogP) is -1.00. The maximum atomic E-state index is 15.0. The molecule has 0 aliphatic carbocycles. The van der Waals surface area contributed by atoms with Gasteiger partial charge in [0.25, 0.3) is 0 Å². The normalized spacial score (nSPS) is 23.4. The number of nitrogens with one attached hydrogen (secondary N) is 14. The van der Waals surface area contributed by atoms with Crippen molar-refractivity contribution in [2.75, 3.05) is 37.7 Å². The molecule has 2 aromatic heterocycles. The van der Waals surface area contributed by atoms with Gasteiger partial charge >= 0.3 is 0 Å². The van der Waals surface area contributed by atoms with E-state index in [1.807, 2.05) is 42.5 Å². The van der Waals surface area contributed by atoms with Gasteiger partial charge in [0.05, 0.1) is 25.3 Å². The number of aliphatic hydroxyl groups excluding tert-OH is 1. The van der Waals surface area contributed by atoms with E-state index in [1.54, 1.807) is 102 Å². The average molecular weight is 1560 g/mol. The molecule has 1 aliphatic heterocycles. The summed E-state index contributed by atoms with van der Waals surface area (Å²) in [6.07, 6.45) is 3.28. The van der Waals surface area contributed by atoms with Crippen molar-refractivity contribution >= 4 is 127 Å². The summed E-state index contributed by atoms with van der Waals surface area (Å²) in [5, 5.41) is 45.2. The Morgan fingerprint density at radius 1 is 0.468 bits per heavy atom. The molecular formula is C77H106N18O15S. The summed E-state index contributed by atoms with van der Waals surface area (Å²) in [4.78, 5) is 207. The molecule has 34 heteroatoms. The zero-order chi connectivity index (χ0) is 81.0. The molecule has 12 atom stereocenters. The number of hydrogen-bond donors (Lipinski definition) is 19. The maximum Gasteiger partial charge on any atom is 0.245 e. The lowest BCUT2D eigenvalue weighted by molar-refractivity contribution is -0.137. The molecule has 1 fully saturated rings. The van der Waals surface area contributed by atoms with Gasteiger partial charge in [0.2, 0.25) is 82.7 Å². The molecule has 111 heavy (non-hydrogen) atoms. The lowest BCUT2D eigenvalue weighted by Gasteiger charge is -2.29. The van der Waals surface area contributed by atoms with Gasteiger partial charge in [-0.05, 0) is 109 Å². The number of nitrogens with two attached hydrogens (primary N) is 4. The van der Waals surface area contributed by atoms with Crippen LogP contribution >= 0.6 is 11.8 Å². The highest BCUT2D eigenvalue weighted by molar-refractivity contribution is 8.00. The van der Waals surface area contributed by atoms with Crippen LogP contribution in [-0.2, 0) is 86.4 Å². The number of unbranched alkanes of at least 4 members (excludes halogenated alkanes) is 2. The van der Waals surface area contributed by atoms with Crippen LogP contribution in [0.4, 0.5) is 0 Å². The fourth-order valence-corrected chi connectivity index (χ4v) is 13.6. The summed E-state index contributed by atoms with van der Waals surface area (Å²) in [6, 6.07) is 10.5. The molecule has 0 unspecified atom stereocenters. The Morgan fingerprint density at radius 2 is 0.910 bits per heavy atom. The maximum absolute atomic E-state index is 15.0. The molecular weight excluding hydrogens is 1450 g/mol. The molecule has 0 bridgehead atoms. The summed E-state index contributed by atoms with van der Waals surface area (Å²) < 4.78 is 0. The quantitative estimate of drug-likeness (QED) is 0.0362. The van der Waals surface area contributed by atoms with E-state index in [-0.39, 0.29) is 70.2 Å². The first-order valence-electron chi connectivity index (χ1n) is 37.4. The third kappa shape index (κ3) is 25.8. The first-order chi connectivity index (χ1) is 53.0. The van der Waals surface area contributed by atoms with E-state index in [2.05, 4.69) is 73.8 Å². The Kier molecular flexibility index (Phi) is 33.7. The van der Waals surface area contributed by atoms with Crippen LogP contribution in [0.25, 0.3) is 32.6 Å². The van der Waals surface area contributed by atoms with Crippen molar-refractivity contribution in [2.24, 2.45) is 40.7 Å².